The summed E-state index contributed by atoms with van der Waals surface area (Å²) in [6.45, 7) is 0. The molecule has 0 fully saturated rings. The standard InChI is InChI=1S/C16H12BrN3/c17-14-6-7-15(13(10-14)11-19)20-16(8-9-18)12-4-2-1-3-5-12/h1-7,10,16,20H,8H2. The first-order chi connectivity index (χ1) is 9.74. The van der Waals surface area contributed by atoms with E-state index < -0.39 is 0 Å². The third-order valence-corrected chi connectivity index (χ3v) is 3.42. The van der Waals surface area contributed by atoms with Gasteiger partial charge in [-0.15, -0.1) is 0 Å². The molecular weight excluding hydrogens is 314 g/mol. The van der Waals surface area contributed by atoms with Crippen molar-refractivity contribution in [2.75, 3.05) is 5.32 Å². The SMILES string of the molecule is N#CCC(Nc1ccc(Br)cc1C#N)c1ccccc1. The number of hydrogen-bond donors (Lipinski definition) is 1. The summed E-state index contributed by atoms with van der Waals surface area (Å²) in [4.78, 5) is 0. The van der Waals surface area contributed by atoms with Crippen LogP contribution < -0.4 is 5.32 Å². The highest BCUT2D eigenvalue weighted by Gasteiger charge is 2.13. The van der Waals surface area contributed by atoms with E-state index in [-0.39, 0.29) is 6.04 Å². The van der Waals surface area contributed by atoms with Crippen LogP contribution in [0.4, 0.5) is 5.69 Å². The lowest BCUT2D eigenvalue weighted by Gasteiger charge is -2.18. The summed E-state index contributed by atoms with van der Waals surface area (Å²) in [5.41, 5.74) is 2.32. The van der Waals surface area contributed by atoms with Crippen molar-refractivity contribution in [2.24, 2.45) is 0 Å². The first-order valence-corrected chi connectivity index (χ1v) is 6.92. The van der Waals surface area contributed by atoms with Crippen molar-refractivity contribution in [2.45, 2.75) is 12.5 Å². The third kappa shape index (κ3) is 3.38. The number of halogens is 1. The molecule has 0 radical (unpaired) electrons. The van der Waals surface area contributed by atoms with Crippen LogP contribution in [0.3, 0.4) is 0 Å². The lowest BCUT2D eigenvalue weighted by Crippen LogP contribution is -2.11. The maximum Gasteiger partial charge on any atom is 0.101 e. The number of rotatable bonds is 4. The Balaban J connectivity index is 2.30. The lowest BCUT2D eigenvalue weighted by atomic mass is 10.0. The van der Waals surface area contributed by atoms with Crippen molar-refractivity contribution in [3.63, 3.8) is 0 Å². The fraction of sp³-hybridized carbons (Fsp3) is 0.125. The van der Waals surface area contributed by atoms with Crippen LogP contribution in [-0.4, -0.2) is 0 Å². The van der Waals surface area contributed by atoms with Gasteiger partial charge in [0.05, 0.1) is 29.8 Å². The van der Waals surface area contributed by atoms with Crippen LogP contribution in [0.1, 0.15) is 23.6 Å². The summed E-state index contributed by atoms with van der Waals surface area (Å²) in [6, 6.07) is 19.4. The Morgan fingerprint density at radius 1 is 1.10 bits per heavy atom. The second-order valence-electron chi connectivity index (χ2n) is 4.27. The molecule has 3 nitrogen and oxygen atoms in total. The average Bonchev–Trinajstić information content (AvgIpc) is 2.49. The van der Waals surface area contributed by atoms with Crippen molar-refractivity contribution in [1.82, 2.24) is 0 Å². The van der Waals surface area contributed by atoms with Crippen molar-refractivity contribution in [3.05, 3.63) is 64.1 Å². The number of anilines is 1. The highest BCUT2D eigenvalue weighted by molar-refractivity contribution is 9.10. The molecule has 0 aliphatic rings. The average molecular weight is 326 g/mol. The van der Waals surface area contributed by atoms with Crippen molar-refractivity contribution < 1.29 is 0 Å². The van der Waals surface area contributed by atoms with E-state index in [9.17, 15) is 5.26 Å². The van der Waals surface area contributed by atoms with Gasteiger partial charge in [-0.25, -0.2) is 0 Å². The van der Waals surface area contributed by atoms with Gasteiger partial charge < -0.3 is 5.32 Å². The molecule has 4 heteroatoms. The zero-order valence-electron chi connectivity index (χ0n) is 10.7. The molecule has 0 bridgehead atoms. The summed E-state index contributed by atoms with van der Waals surface area (Å²) in [7, 11) is 0. The first kappa shape index (κ1) is 14.1. The molecule has 0 heterocycles. The smallest absolute Gasteiger partial charge is 0.101 e. The zero-order valence-corrected chi connectivity index (χ0v) is 12.3. The summed E-state index contributed by atoms with van der Waals surface area (Å²) < 4.78 is 0.858. The molecule has 0 aromatic heterocycles. The maximum absolute atomic E-state index is 9.18. The fourth-order valence-corrected chi connectivity index (χ4v) is 2.31. The van der Waals surface area contributed by atoms with Crippen LogP contribution >= 0.6 is 15.9 Å². The van der Waals surface area contributed by atoms with Gasteiger partial charge in [-0.2, -0.15) is 10.5 Å². The van der Waals surface area contributed by atoms with Gasteiger partial charge in [-0.1, -0.05) is 46.3 Å². The van der Waals surface area contributed by atoms with E-state index >= 15 is 0 Å². The zero-order chi connectivity index (χ0) is 14.4. The third-order valence-electron chi connectivity index (χ3n) is 2.93. The largest absolute Gasteiger partial charge is 0.376 e. The predicted octanol–water partition coefficient (Wildman–Crippen LogP) is 4.39. The van der Waals surface area contributed by atoms with Gasteiger partial charge in [0, 0.05) is 4.47 Å². The normalized spacial score (nSPS) is 11.2. The van der Waals surface area contributed by atoms with Crippen molar-refractivity contribution >= 4 is 21.6 Å². The van der Waals surface area contributed by atoms with Gasteiger partial charge in [0.2, 0.25) is 0 Å². The molecular formula is C16H12BrN3. The molecule has 0 aliphatic carbocycles. The topological polar surface area (TPSA) is 59.6 Å². The summed E-state index contributed by atoms with van der Waals surface area (Å²) in [5.74, 6) is 0. The van der Waals surface area contributed by atoms with Gasteiger partial charge in [0.25, 0.3) is 0 Å². The van der Waals surface area contributed by atoms with E-state index in [4.69, 9.17) is 5.26 Å². The number of nitrogens with zero attached hydrogens (tertiary/aromatic N) is 2. The van der Waals surface area contributed by atoms with Gasteiger partial charge >= 0.3 is 0 Å². The second-order valence-corrected chi connectivity index (χ2v) is 5.19. The Hall–Kier alpha value is -2.30. The maximum atomic E-state index is 9.18. The molecule has 1 unspecified atom stereocenters. The second kappa shape index (κ2) is 6.75. The van der Waals surface area contributed by atoms with Crippen LogP contribution in [0.15, 0.2) is 53.0 Å². The van der Waals surface area contributed by atoms with E-state index in [0.717, 1.165) is 15.7 Å². The molecule has 2 aromatic carbocycles. The molecule has 2 aromatic rings. The predicted molar refractivity (Wildman–Crippen MR) is 81.9 cm³/mol. The summed E-state index contributed by atoms with van der Waals surface area (Å²) in [5, 5.41) is 21.4. The summed E-state index contributed by atoms with van der Waals surface area (Å²) >= 11 is 3.35. The summed E-state index contributed by atoms with van der Waals surface area (Å²) in [6.07, 6.45) is 0.338. The van der Waals surface area contributed by atoms with Crippen LogP contribution in [0.5, 0.6) is 0 Å². The van der Waals surface area contributed by atoms with E-state index in [1.54, 1.807) is 6.07 Å². The molecule has 2 rings (SSSR count). The minimum atomic E-state index is -0.130. The first-order valence-electron chi connectivity index (χ1n) is 6.12. The molecule has 20 heavy (non-hydrogen) atoms. The molecule has 0 aliphatic heterocycles. The minimum absolute atomic E-state index is 0.130. The van der Waals surface area contributed by atoms with Gasteiger partial charge in [0.15, 0.2) is 0 Å². The fourth-order valence-electron chi connectivity index (χ4n) is 1.95. The van der Waals surface area contributed by atoms with Crippen LogP contribution in [-0.2, 0) is 0 Å². The van der Waals surface area contributed by atoms with E-state index in [1.807, 2.05) is 42.5 Å². The van der Waals surface area contributed by atoms with E-state index in [2.05, 4.69) is 33.4 Å². The van der Waals surface area contributed by atoms with Gasteiger partial charge in [-0.05, 0) is 23.8 Å². The molecule has 0 spiro atoms. The minimum Gasteiger partial charge on any atom is -0.376 e. The lowest BCUT2D eigenvalue weighted by molar-refractivity contribution is 0.805. The van der Waals surface area contributed by atoms with Crippen LogP contribution in [0, 0.1) is 22.7 Å². The molecule has 0 amide bonds. The Morgan fingerprint density at radius 2 is 1.85 bits per heavy atom. The Bertz CT molecular complexity index is 668. The Morgan fingerprint density at radius 3 is 2.50 bits per heavy atom. The van der Waals surface area contributed by atoms with Crippen LogP contribution in [0.25, 0.3) is 0 Å². The van der Waals surface area contributed by atoms with E-state index in [0.29, 0.717) is 12.0 Å². The molecule has 0 saturated heterocycles. The number of nitrogens with one attached hydrogen (secondary N) is 1. The molecule has 0 saturated carbocycles. The molecule has 1 N–H and O–H groups in total. The van der Waals surface area contributed by atoms with Crippen molar-refractivity contribution in [3.8, 4) is 12.1 Å². The molecule has 1 atom stereocenters. The van der Waals surface area contributed by atoms with Gasteiger partial charge in [-0.3, -0.25) is 0 Å². The monoisotopic (exact) mass is 325 g/mol. The Labute approximate surface area is 126 Å². The highest BCUT2D eigenvalue weighted by atomic mass is 79.9. The highest BCUT2D eigenvalue weighted by Crippen LogP contribution is 2.26. The molecule has 98 valence electrons. The number of hydrogen-bond acceptors (Lipinski definition) is 3. The van der Waals surface area contributed by atoms with E-state index in [1.165, 1.54) is 0 Å². The van der Waals surface area contributed by atoms with Crippen LogP contribution in [0.2, 0.25) is 0 Å². The number of benzene rings is 2. The van der Waals surface area contributed by atoms with Crippen molar-refractivity contribution in [1.29, 1.82) is 10.5 Å². The van der Waals surface area contributed by atoms with Gasteiger partial charge in [0.1, 0.15) is 6.07 Å². The Kier molecular flexibility index (Phi) is 4.76. The number of nitriles is 2. The quantitative estimate of drug-likeness (QED) is 0.906.